The Morgan fingerprint density at radius 3 is 1.80 bits per heavy atom. The summed E-state index contributed by atoms with van der Waals surface area (Å²) in [6.45, 7) is 4.14. The number of piperidine rings is 1. The van der Waals surface area contributed by atoms with Crippen LogP contribution in [0.2, 0.25) is 0 Å². The number of nitrogens with zero attached hydrogens (tertiary/aromatic N) is 1. The summed E-state index contributed by atoms with van der Waals surface area (Å²) >= 11 is 3.84. The Balaban J connectivity index is 1.52. The van der Waals surface area contributed by atoms with Crippen LogP contribution >= 0.6 is 15.9 Å². The highest BCUT2D eigenvalue weighted by Crippen LogP contribution is 2.46. The molecule has 1 aliphatic heterocycles. The Morgan fingerprint density at radius 1 is 0.700 bits per heavy atom. The lowest BCUT2D eigenvalue weighted by molar-refractivity contribution is 0.0376. The van der Waals surface area contributed by atoms with Gasteiger partial charge in [0.05, 0.1) is 0 Å². The smallest absolute Gasteiger partial charge is 0.0100 e. The van der Waals surface area contributed by atoms with E-state index in [1.54, 1.807) is 0 Å². The third-order valence-electron chi connectivity index (χ3n) is 6.59. The lowest BCUT2D eigenvalue weighted by atomic mass is 9.67. The first-order chi connectivity index (χ1) is 9.76. The molecule has 20 heavy (non-hydrogen) atoms. The number of halogens is 1. The average Bonchev–Trinajstić information content (AvgIpc) is 2.52. The van der Waals surface area contributed by atoms with E-state index in [-0.39, 0.29) is 0 Å². The molecule has 0 N–H and O–H groups in total. The van der Waals surface area contributed by atoms with Crippen molar-refractivity contribution in [1.29, 1.82) is 0 Å². The summed E-state index contributed by atoms with van der Waals surface area (Å²) in [4.78, 5) is 2.81. The maximum atomic E-state index is 3.84. The second-order valence-corrected chi connectivity index (χ2v) is 8.59. The highest BCUT2D eigenvalue weighted by molar-refractivity contribution is 9.09. The molecule has 3 fully saturated rings. The second-order valence-electron chi connectivity index (χ2n) is 8.03. The van der Waals surface area contributed by atoms with Crippen LogP contribution in [0.4, 0.5) is 0 Å². The van der Waals surface area contributed by atoms with E-state index in [0.29, 0.717) is 5.41 Å². The number of hydrogen-bond donors (Lipinski definition) is 0. The van der Waals surface area contributed by atoms with Crippen molar-refractivity contribution in [3.8, 4) is 0 Å². The molecule has 3 aliphatic rings. The zero-order valence-corrected chi connectivity index (χ0v) is 14.7. The fourth-order valence-electron chi connectivity index (χ4n) is 5.10. The van der Waals surface area contributed by atoms with E-state index in [9.17, 15) is 0 Å². The highest BCUT2D eigenvalue weighted by atomic mass is 79.9. The van der Waals surface area contributed by atoms with E-state index in [1.807, 2.05) is 0 Å². The van der Waals surface area contributed by atoms with Crippen LogP contribution in [0.1, 0.15) is 77.0 Å². The van der Waals surface area contributed by atoms with Crippen molar-refractivity contribution in [2.24, 2.45) is 10.8 Å². The van der Waals surface area contributed by atoms with Gasteiger partial charge in [-0.3, -0.25) is 0 Å². The molecule has 0 unspecified atom stereocenters. The minimum Gasteiger partial charge on any atom is -0.303 e. The van der Waals surface area contributed by atoms with Gasteiger partial charge >= 0.3 is 0 Å². The maximum absolute atomic E-state index is 3.84. The number of alkyl halides is 1. The fourth-order valence-corrected chi connectivity index (χ4v) is 5.84. The van der Waals surface area contributed by atoms with Crippen LogP contribution in [0.15, 0.2) is 0 Å². The molecule has 116 valence electrons. The van der Waals surface area contributed by atoms with Crippen LogP contribution in [0.5, 0.6) is 0 Å². The third kappa shape index (κ3) is 3.43. The minimum absolute atomic E-state index is 0.606. The van der Waals surface area contributed by atoms with E-state index in [2.05, 4.69) is 20.8 Å². The fraction of sp³-hybridized carbons (Fsp3) is 1.00. The van der Waals surface area contributed by atoms with Crippen LogP contribution in [-0.2, 0) is 0 Å². The summed E-state index contributed by atoms with van der Waals surface area (Å²) in [5, 5.41) is 1.22. The molecule has 3 rings (SSSR count). The van der Waals surface area contributed by atoms with Crippen LogP contribution in [0.3, 0.4) is 0 Å². The van der Waals surface area contributed by atoms with Gasteiger partial charge in [0, 0.05) is 11.9 Å². The zero-order valence-electron chi connectivity index (χ0n) is 13.1. The Hall–Kier alpha value is 0.440. The van der Waals surface area contributed by atoms with Crippen molar-refractivity contribution in [2.45, 2.75) is 77.0 Å². The van der Waals surface area contributed by atoms with Gasteiger partial charge in [-0.05, 0) is 62.4 Å². The molecule has 0 amide bonds. The quantitative estimate of drug-likeness (QED) is 0.623. The molecule has 1 nitrogen and oxygen atoms in total. The largest absolute Gasteiger partial charge is 0.303 e. The Labute approximate surface area is 134 Å². The number of rotatable bonds is 3. The number of likely N-dealkylation sites (tertiary alicyclic amines) is 1. The molecule has 2 aliphatic carbocycles. The Kier molecular flexibility index (Phi) is 5.13. The van der Waals surface area contributed by atoms with Crippen LogP contribution in [0.25, 0.3) is 0 Å². The van der Waals surface area contributed by atoms with Gasteiger partial charge in [-0.25, -0.2) is 0 Å². The van der Waals surface area contributed by atoms with Gasteiger partial charge in [0.15, 0.2) is 0 Å². The van der Waals surface area contributed by atoms with Gasteiger partial charge in [-0.1, -0.05) is 54.5 Å². The maximum Gasteiger partial charge on any atom is 0.0100 e. The Morgan fingerprint density at radius 2 is 1.25 bits per heavy atom. The van der Waals surface area contributed by atoms with Gasteiger partial charge in [-0.15, -0.1) is 0 Å². The standard InChI is InChI=1S/C18H32BrN/c19-15-18(9-5-2-6-10-18)16-20-13-11-17(12-14-20)7-3-1-4-8-17/h1-16H2. The van der Waals surface area contributed by atoms with Crippen molar-refractivity contribution >= 4 is 15.9 Å². The molecule has 1 saturated heterocycles. The lowest BCUT2D eigenvalue weighted by Gasteiger charge is -2.47. The molecule has 0 aromatic carbocycles. The van der Waals surface area contributed by atoms with Gasteiger partial charge in [0.1, 0.15) is 0 Å². The van der Waals surface area contributed by atoms with E-state index < -0.39 is 0 Å². The Bertz CT molecular complexity index is 293. The van der Waals surface area contributed by atoms with Crippen molar-refractivity contribution in [2.75, 3.05) is 25.0 Å². The van der Waals surface area contributed by atoms with Gasteiger partial charge in [0.2, 0.25) is 0 Å². The average molecular weight is 342 g/mol. The molecule has 0 aromatic rings. The molecule has 0 aromatic heterocycles. The third-order valence-corrected chi connectivity index (χ3v) is 7.78. The van der Waals surface area contributed by atoms with Crippen LogP contribution < -0.4 is 0 Å². The van der Waals surface area contributed by atoms with E-state index >= 15 is 0 Å². The monoisotopic (exact) mass is 341 g/mol. The zero-order chi connectivity index (χ0) is 13.9. The molecule has 2 heteroatoms. The summed E-state index contributed by atoms with van der Waals surface area (Å²) in [7, 11) is 0. The van der Waals surface area contributed by atoms with E-state index in [0.717, 1.165) is 5.41 Å². The van der Waals surface area contributed by atoms with Crippen molar-refractivity contribution < 1.29 is 0 Å². The molecule has 0 atom stereocenters. The topological polar surface area (TPSA) is 3.24 Å². The summed E-state index contributed by atoms with van der Waals surface area (Å²) < 4.78 is 0. The summed E-state index contributed by atoms with van der Waals surface area (Å²) in [6.07, 6.45) is 17.9. The molecular formula is C18H32BrN. The first-order valence-electron chi connectivity index (χ1n) is 9.04. The predicted molar refractivity (Wildman–Crippen MR) is 90.5 cm³/mol. The van der Waals surface area contributed by atoms with Gasteiger partial charge in [0.25, 0.3) is 0 Å². The molecule has 0 bridgehead atoms. The molecule has 2 saturated carbocycles. The van der Waals surface area contributed by atoms with Gasteiger partial charge < -0.3 is 4.90 Å². The SMILES string of the molecule is BrCC1(CN2CCC3(CCCCC3)CC2)CCCCC1. The highest BCUT2D eigenvalue weighted by Gasteiger charge is 2.38. The summed E-state index contributed by atoms with van der Waals surface area (Å²) in [5.74, 6) is 0. The van der Waals surface area contributed by atoms with Crippen molar-refractivity contribution in [1.82, 2.24) is 4.90 Å². The lowest BCUT2D eigenvalue weighted by Crippen LogP contribution is -2.47. The molecule has 0 radical (unpaired) electrons. The second kappa shape index (κ2) is 6.69. The summed E-state index contributed by atoms with van der Waals surface area (Å²) in [5.41, 5.74) is 1.37. The molecular weight excluding hydrogens is 310 g/mol. The van der Waals surface area contributed by atoms with E-state index in [4.69, 9.17) is 0 Å². The predicted octanol–water partition coefficient (Wildman–Crippen LogP) is 5.38. The van der Waals surface area contributed by atoms with Crippen molar-refractivity contribution in [3.05, 3.63) is 0 Å². The van der Waals surface area contributed by atoms with Gasteiger partial charge in [-0.2, -0.15) is 0 Å². The number of hydrogen-bond acceptors (Lipinski definition) is 1. The molecule has 1 heterocycles. The first-order valence-corrected chi connectivity index (χ1v) is 10.2. The summed E-state index contributed by atoms with van der Waals surface area (Å²) in [6, 6.07) is 0. The van der Waals surface area contributed by atoms with E-state index in [1.165, 1.54) is 102 Å². The van der Waals surface area contributed by atoms with Crippen LogP contribution in [0, 0.1) is 10.8 Å². The first kappa shape index (κ1) is 15.3. The van der Waals surface area contributed by atoms with Crippen molar-refractivity contribution in [3.63, 3.8) is 0 Å². The minimum atomic E-state index is 0.606. The normalized spacial score (nSPS) is 30.4. The van der Waals surface area contributed by atoms with Crippen LogP contribution in [-0.4, -0.2) is 29.9 Å². The molecule has 1 spiro atoms.